The molecule has 0 spiro atoms. The van der Waals surface area contributed by atoms with E-state index in [9.17, 15) is 0 Å². The molecule has 21 heavy (non-hydrogen) atoms. The van der Waals surface area contributed by atoms with E-state index < -0.39 is 0 Å². The van der Waals surface area contributed by atoms with Gasteiger partial charge in [-0.25, -0.2) is 0 Å². The zero-order valence-corrected chi connectivity index (χ0v) is 13.3. The first-order chi connectivity index (χ1) is 10.2. The Balaban J connectivity index is 1.89. The van der Waals surface area contributed by atoms with Gasteiger partial charge in [0.2, 0.25) is 0 Å². The summed E-state index contributed by atoms with van der Waals surface area (Å²) >= 11 is 0. The summed E-state index contributed by atoms with van der Waals surface area (Å²) in [5.41, 5.74) is 7.44. The second-order valence-electron chi connectivity index (χ2n) is 6.27. The summed E-state index contributed by atoms with van der Waals surface area (Å²) in [5.74, 6) is 0.669. The van der Waals surface area contributed by atoms with Crippen molar-refractivity contribution in [3.05, 3.63) is 70.3 Å². The summed E-state index contributed by atoms with van der Waals surface area (Å²) in [6, 6.07) is 16.1. The van der Waals surface area contributed by atoms with E-state index in [0.717, 1.165) is 6.54 Å². The van der Waals surface area contributed by atoms with Crippen molar-refractivity contribution < 1.29 is 0 Å². The van der Waals surface area contributed by atoms with Crippen molar-refractivity contribution in [1.82, 2.24) is 5.32 Å². The van der Waals surface area contributed by atoms with Gasteiger partial charge in [0.15, 0.2) is 0 Å². The van der Waals surface area contributed by atoms with E-state index in [2.05, 4.69) is 68.6 Å². The zero-order chi connectivity index (χ0) is 14.8. The third-order valence-corrected chi connectivity index (χ3v) is 4.88. The molecule has 0 amide bonds. The second-order valence-corrected chi connectivity index (χ2v) is 6.27. The summed E-state index contributed by atoms with van der Waals surface area (Å²) in [6.45, 7) is 7.72. The number of benzene rings is 2. The molecule has 0 aromatic heterocycles. The zero-order valence-electron chi connectivity index (χ0n) is 13.3. The predicted molar refractivity (Wildman–Crippen MR) is 89.7 cm³/mol. The van der Waals surface area contributed by atoms with Crippen LogP contribution in [0.15, 0.2) is 42.5 Å². The van der Waals surface area contributed by atoms with Crippen molar-refractivity contribution in [2.75, 3.05) is 6.54 Å². The fourth-order valence-corrected chi connectivity index (χ4v) is 3.80. The quantitative estimate of drug-likeness (QED) is 0.876. The summed E-state index contributed by atoms with van der Waals surface area (Å²) < 4.78 is 0. The number of nitrogens with one attached hydrogen (secondary N) is 1. The molecule has 1 aliphatic carbocycles. The van der Waals surface area contributed by atoms with Crippen molar-refractivity contribution in [3.8, 4) is 0 Å². The highest BCUT2D eigenvalue weighted by Crippen LogP contribution is 2.38. The van der Waals surface area contributed by atoms with Gasteiger partial charge in [0, 0.05) is 6.04 Å². The molecule has 2 aromatic carbocycles. The van der Waals surface area contributed by atoms with E-state index in [1.165, 1.54) is 35.1 Å². The highest BCUT2D eigenvalue weighted by atomic mass is 14.9. The standard InChI is InChI=1S/C20H25N/c1-4-21-20-17(12-16-10-5-6-11-18(16)20)13-19-14(2)8-7-9-15(19)3/h5-11,17,20-21H,4,12-13H2,1-3H3. The molecule has 1 heteroatoms. The monoisotopic (exact) mass is 279 g/mol. The minimum atomic E-state index is 0.505. The van der Waals surface area contributed by atoms with Crippen LogP contribution in [0, 0.1) is 19.8 Å². The Morgan fingerprint density at radius 3 is 2.43 bits per heavy atom. The molecular weight excluding hydrogens is 254 g/mol. The van der Waals surface area contributed by atoms with E-state index in [1.807, 2.05) is 0 Å². The molecular formula is C20H25N. The minimum absolute atomic E-state index is 0.505. The van der Waals surface area contributed by atoms with Crippen LogP contribution in [0.4, 0.5) is 0 Å². The Morgan fingerprint density at radius 2 is 1.71 bits per heavy atom. The maximum Gasteiger partial charge on any atom is 0.0357 e. The van der Waals surface area contributed by atoms with Gasteiger partial charge in [-0.3, -0.25) is 0 Å². The van der Waals surface area contributed by atoms with Crippen LogP contribution in [0.5, 0.6) is 0 Å². The van der Waals surface area contributed by atoms with Crippen molar-refractivity contribution in [1.29, 1.82) is 0 Å². The van der Waals surface area contributed by atoms with Crippen LogP contribution in [0.25, 0.3) is 0 Å². The molecule has 2 unspecified atom stereocenters. The van der Waals surface area contributed by atoms with Crippen molar-refractivity contribution >= 4 is 0 Å². The molecule has 0 bridgehead atoms. The lowest BCUT2D eigenvalue weighted by Crippen LogP contribution is -2.26. The van der Waals surface area contributed by atoms with Gasteiger partial charge >= 0.3 is 0 Å². The summed E-state index contributed by atoms with van der Waals surface area (Å²) in [5, 5.41) is 3.71. The molecule has 0 heterocycles. The summed E-state index contributed by atoms with van der Waals surface area (Å²) in [6.07, 6.45) is 2.37. The number of hydrogen-bond donors (Lipinski definition) is 1. The van der Waals surface area contributed by atoms with E-state index >= 15 is 0 Å². The van der Waals surface area contributed by atoms with Crippen LogP contribution in [-0.2, 0) is 12.8 Å². The minimum Gasteiger partial charge on any atom is -0.310 e. The van der Waals surface area contributed by atoms with Crippen LogP contribution < -0.4 is 5.32 Å². The molecule has 1 nitrogen and oxygen atoms in total. The largest absolute Gasteiger partial charge is 0.310 e. The van der Waals surface area contributed by atoms with Gasteiger partial charge in [0.25, 0.3) is 0 Å². The van der Waals surface area contributed by atoms with E-state index in [0.29, 0.717) is 12.0 Å². The van der Waals surface area contributed by atoms with Crippen LogP contribution in [-0.4, -0.2) is 6.54 Å². The van der Waals surface area contributed by atoms with Crippen LogP contribution in [0.2, 0.25) is 0 Å². The van der Waals surface area contributed by atoms with Crippen molar-refractivity contribution in [3.63, 3.8) is 0 Å². The highest BCUT2D eigenvalue weighted by Gasteiger charge is 2.31. The predicted octanol–water partition coefficient (Wildman–Crippen LogP) is 4.37. The van der Waals surface area contributed by atoms with Gasteiger partial charge in [-0.05, 0) is 67.0 Å². The maximum absolute atomic E-state index is 3.71. The maximum atomic E-state index is 3.71. The second kappa shape index (κ2) is 6.03. The highest BCUT2D eigenvalue weighted by molar-refractivity contribution is 5.39. The lowest BCUT2D eigenvalue weighted by Gasteiger charge is -2.23. The Labute approximate surface area is 128 Å². The summed E-state index contributed by atoms with van der Waals surface area (Å²) in [4.78, 5) is 0. The molecule has 1 N–H and O–H groups in total. The van der Waals surface area contributed by atoms with Crippen LogP contribution in [0.1, 0.15) is 40.8 Å². The normalized spacial score (nSPS) is 20.5. The SMILES string of the molecule is CCNC1c2ccccc2CC1Cc1c(C)cccc1C. The summed E-state index contributed by atoms with van der Waals surface area (Å²) in [7, 11) is 0. The number of rotatable bonds is 4. The fourth-order valence-electron chi connectivity index (χ4n) is 3.80. The van der Waals surface area contributed by atoms with Gasteiger partial charge in [0.05, 0.1) is 0 Å². The fraction of sp³-hybridized carbons (Fsp3) is 0.400. The topological polar surface area (TPSA) is 12.0 Å². The molecule has 0 saturated carbocycles. The first-order valence-corrected chi connectivity index (χ1v) is 8.07. The third-order valence-electron chi connectivity index (χ3n) is 4.88. The third kappa shape index (κ3) is 2.75. The van der Waals surface area contributed by atoms with Crippen molar-refractivity contribution in [2.24, 2.45) is 5.92 Å². The Hall–Kier alpha value is -1.60. The number of aryl methyl sites for hydroxylation is 2. The lowest BCUT2D eigenvalue weighted by molar-refractivity contribution is 0.393. The molecule has 0 aliphatic heterocycles. The average Bonchev–Trinajstić information content (AvgIpc) is 2.82. The molecule has 110 valence electrons. The molecule has 2 atom stereocenters. The first kappa shape index (κ1) is 14.3. The Kier molecular flexibility index (Phi) is 4.12. The van der Waals surface area contributed by atoms with Gasteiger partial charge in [-0.15, -0.1) is 0 Å². The van der Waals surface area contributed by atoms with E-state index in [1.54, 1.807) is 5.56 Å². The molecule has 3 rings (SSSR count). The first-order valence-electron chi connectivity index (χ1n) is 8.07. The Bertz CT molecular complexity index is 609. The van der Waals surface area contributed by atoms with Crippen molar-refractivity contribution in [2.45, 2.75) is 39.7 Å². The molecule has 0 fully saturated rings. The van der Waals surface area contributed by atoms with E-state index in [4.69, 9.17) is 0 Å². The Morgan fingerprint density at radius 1 is 1.00 bits per heavy atom. The van der Waals surface area contributed by atoms with Gasteiger partial charge in [-0.1, -0.05) is 49.4 Å². The average molecular weight is 279 g/mol. The van der Waals surface area contributed by atoms with Crippen LogP contribution >= 0.6 is 0 Å². The van der Waals surface area contributed by atoms with Gasteiger partial charge in [0.1, 0.15) is 0 Å². The lowest BCUT2D eigenvalue weighted by atomic mass is 9.88. The number of hydrogen-bond acceptors (Lipinski definition) is 1. The van der Waals surface area contributed by atoms with E-state index in [-0.39, 0.29) is 0 Å². The molecule has 0 saturated heterocycles. The van der Waals surface area contributed by atoms with Gasteiger partial charge in [-0.2, -0.15) is 0 Å². The van der Waals surface area contributed by atoms with Crippen LogP contribution in [0.3, 0.4) is 0 Å². The molecule has 2 aromatic rings. The molecule has 0 radical (unpaired) electrons. The number of fused-ring (bicyclic) bond motifs is 1. The van der Waals surface area contributed by atoms with Gasteiger partial charge < -0.3 is 5.32 Å². The smallest absolute Gasteiger partial charge is 0.0357 e. The molecule has 1 aliphatic rings.